The Morgan fingerprint density at radius 3 is 2.63 bits per heavy atom. The second kappa shape index (κ2) is 6.89. The molecule has 0 amide bonds. The summed E-state index contributed by atoms with van der Waals surface area (Å²) in [6, 6.07) is 11.5. The molecule has 0 bridgehead atoms. The zero-order valence-electron chi connectivity index (χ0n) is 15.0. The summed E-state index contributed by atoms with van der Waals surface area (Å²) in [5, 5.41) is 4.21. The van der Waals surface area contributed by atoms with Crippen LogP contribution in [0, 0.1) is 12.7 Å². The first-order chi connectivity index (χ1) is 13.1. The minimum atomic E-state index is -0.496. The molecule has 0 aliphatic heterocycles. The van der Waals surface area contributed by atoms with Crippen LogP contribution in [0.3, 0.4) is 0 Å². The highest BCUT2D eigenvalue weighted by Gasteiger charge is 2.22. The lowest BCUT2D eigenvalue weighted by molar-refractivity contribution is 0.210. The summed E-state index contributed by atoms with van der Waals surface area (Å²) in [4.78, 5) is 12.7. The number of hydrogen-bond donors (Lipinski definition) is 1. The third kappa shape index (κ3) is 3.08. The minimum absolute atomic E-state index is 0.333. The van der Waals surface area contributed by atoms with Crippen molar-refractivity contribution in [2.75, 3.05) is 25.6 Å². The second-order valence-corrected chi connectivity index (χ2v) is 6.33. The number of ether oxygens (including phenoxy) is 1. The van der Waals surface area contributed by atoms with Crippen molar-refractivity contribution in [2.45, 2.75) is 6.92 Å². The van der Waals surface area contributed by atoms with E-state index in [0.29, 0.717) is 52.1 Å². The Kier molecular flexibility index (Phi) is 4.41. The van der Waals surface area contributed by atoms with Crippen LogP contribution in [-0.2, 0) is 4.74 Å². The fraction of sp³-hybridized carbons (Fsp3) is 0.190. The van der Waals surface area contributed by atoms with Crippen LogP contribution in [-0.4, -0.2) is 20.3 Å². The van der Waals surface area contributed by atoms with E-state index in [1.807, 2.05) is 19.1 Å². The van der Waals surface area contributed by atoms with Crippen LogP contribution >= 0.6 is 0 Å². The molecule has 4 aromatic rings. The Morgan fingerprint density at radius 1 is 1.11 bits per heavy atom. The molecule has 0 radical (unpaired) electrons. The van der Waals surface area contributed by atoms with Gasteiger partial charge in [0.1, 0.15) is 16.8 Å². The van der Waals surface area contributed by atoms with E-state index in [0.717, 1.165) is 5.56 Å². The highest BCUT2D eigenvalue weighted by atomic mass is 19.1. The smallest absolute Gasteiger partial charge is 0.348 e. The molecule has 1 N–H and O–H groups in total. The van der Waals surface area contributed by atoms with Crippen LogP contribution in [0.5, 0.6) is 0 Å². The van der Waals surface area contributed by atoms with Gasteiger partial charge < -0.3 is 18.9 Å². The maximum Gasteiger partial charge on any atom is 0.348 e. The van der Waals surface area contributed by atoms with Gasteiger partial charge in [-0.3, -0.25) is 0 Å². The highest BCUT2D eigenvalue weighted by molar-refractivity contribution is 6.09. The molecule has 4 rings (SSSR count). The summed E-state index contributed by atoms with van der Waals surface area (Å²) in [6.07, 6.45) is 0. The molecule has 2 heterocycles. The standard InChI is InChI=1S/C21H18FNO4/c1-12-3-8-16-15(11-12)19-18(21(24)26-16)17(13-4-6-14(22)7-5-13)20(27-19)23-9-10-25-2/h3-8,11,23H,9-10H2,1-2H3. The monoisotopic (exact) mass is 367 g/mol. The summed E-state index contributed by atoms with van der Waals surface area (Å²) in [7, 11) is 1.60. The highest BCUT2D eigenvalue weighted by Crippen LogP contribution is 2.39. The van der Waals surface area contributed by atoms with Crippen LogP contribution in [0.25, 0.3) is 33.1 Å². The third-order valence-electron chi connectivity index (χ3n) is 4.42. The van der Waals surface area contributed by atoms with Gasteiger partial charge in [0, 0.05) is 13.7 Å². The zero-order chi connectivity index (χ0) is 19.0. The van der Waals surface area contributed by atoms with Crippen molar-refractivity contribution in [1.82, 2.24) is 0 Å². The van der Waals surface area contributed by atoms with Crippen LogP contribution < -0.4 is 10.9 Å². The van der Waals surface area contributed by atoms with Gasteiger partial charge in [-0.15, -0.1) is 0 Å². The lowest BCUT2D eigenvalue weighted by Gasteiger charge is -2.05. The number of benzene rings is 2. The van der Waals surface area contributed by atoms with E-state index in [2.05, 4.69) is 5.32 Å². The van der Waals surface area contributed by atoms with Crippen molar-refractivity contribution in [2.24, 2.45) is 0 Å². The molecule has 0 aliphatic rings. The molecule has 0 spiro atoms. The largest absolute Gasteiger partial charge is 0.439 e. The summed E-state index contributed by atoms with van der Waals surface area (Å²) < 4.78 is 30.0. The molecule has 0 atom stereocenters. The van der Waals surface area contributed by atoms with Crippen molar-refractivity contribution in [3.63, 3.8) is 0 Å². The van der Waals surface area contributed by atoms with Crippen LogP contribution in [0.1, 0.15) is 5.56 Å². The fourth-order valence-corrected chi connectivity index (χ4v) is 3.16. The third-order valence-corrected chi connectivity index (χ3v) is 4.42. The SMILES string of the molecule is COCCNc1oc2c(c1-c1ccc(F)cc1)c(=O)oc1ccc(C)cc12. The van der Waals surface area contributed by atoms with E-state index in [1.54, 1.807) is 25.3 Å². The molecule has 0 saturated heterocycles. The number of hydrogen-bond acceptors (Lipinski definition) is 5. The molecule has 2 aromatic carbocycles. The normalized spacial score (nSPS) is 11.4. The Labute approximate surface area is 154 Å². The number of halogens is 1. The maximum atomic E-state index is 13.4. The van der Waals surface area contributed by atoms with Crippen LogP contribution in [0.2, 0.25) is 0 Å². The average molecular weight is 367 g/mol. The first kappa shape index (κ1) is 17.3. The van der Waals surface area contributed by atoms with Gasteiger partial charge in [0.15, 0.2) is 5.58 Å². The Hall–Kier alpha value is -3.12. The number of rotatable bonds is 5. The summed E-state index contributed by atoms with van der Waals surface area (Å²) in [5.74, 6) is 0.0727. The number of aryl methyl sites for hydroxylation is 1. The maximum absolute atomic E-state index is 13.4. The topological polar surface area (TPSA) is 64.6 Å². The number of fused-ring (bicyclic) bond motifs is 3. The number of methoxy groups -OCH3 is 1. The molecule has 138 valence electrons. The summed E-state index contributed by atoms with van der Waals surface area (Å²) >= 11 is 0. The summed E-state index contributed by atoms with van der Waals surface area (Å²) in [6.45, 7) is 2.92. The van der Waals surface area contributed by atoms with Gasteiger partial charge >= 0.3 is 5.63 Å². The fourth-order valence-electron chi connectivity index (χ4n) is 3.16. The van der Waals surface area contributed by atoms with Gasteiger partial charge in [0.05, 0.1) is 17.6 Å². The molecule has 27 heavy (non-hydrogen) atoms. The predicted octanol–water partition coefficient (Wildman–Crippen LogP) is 4.71. The molecular formula is C21H18FNO4. The molecule has 6 heteroatoms. The number of anilines is 1. The van der Waals surface area contributed by atoms with E-state index in [9.17, 15) is 9.18 Å². The van der Waals surface area contributed by atoms with Gasteiger partial charge in [-0.05, 0) is 36.8 Å². The van der Waals surface area contributed by atoms with E-state index >= 15 is 0 Å². The molecule has 2 aromatic heterocycles. The van der Waals surface area contributed by atoms with E-state index in [1.165, 1.54) is 12.1 Å². The van der Waals surface area contributed by atoms with Crippen molar-refractivity contribution in [3.05, 3.63) is 64.3 Å². The van der Waals surface area contributed by atoms with Crippen LogP contribution in [0.4, 0.5) is 10.3 Å². The molecule has 5 nitrogen and oxygen atoms in total. The number of nitrogens with one attached hydrogen (secondary N) is 1. The molecule has 0 unspecified atom stereocenters. The Bertz CT molecular complexity index is 1170. The van der Waals surface area contributed by atoms with Crippen LogP contribution in [0.15, 0.2) is 56.1 Å². The van der Waals surface area contributed by atoms with Gasteiger partial charge in [0.2, 0.25) is 5.88 Å². The van der Waals surface area contributed by atoms with Gasteiger partial charge in [-0.2, -0.15) is 0 Å². The van der Waals surface area contributed by atoms with Crippen molar-refractivity contribution in [3.8, 4) is 11.1 Å². The van der Waals surface area contributed by atoms with Gasteiger partial charge in [-0.1, -0.05) is 23.8 Å². The lowest BCUT2D eigenvalue weighted by atomic mass is 10.0. The van der Waals surface area contributed by atoms with Crippen molar-refractivity contribution >= 4 is 27.8 Å². The van der Waals surface area contributed by atoms with E-state index in [4.69, 9.17) is 13.6 Å². The second-order valence-electron chi connectivity index (χ2n) is 6.33. The molecule has 0 aliphatic carbocycles. The zero-order valence-corrected chi connectivity index (χ0v) is 15.0. The van der Waals surface area contributed by atoms with Crippen molar-refractivity contribution < 1.29 is 18.0 Å². The lowest BCUT2D eigenvalue weighted by Crippen LogP contribution is -2.07. The predicted molar refractivity (Wildman–Crippen MR) is 103 cm³/mol. The van der Waals surface area contributed by atoms with Gasteiger partial charge in [-0.25, -0.2) is 9.18 Å². The minimum Gasteiger partial charge on any atom is -0.439 e. The quantitative estimate of drug-likeness (QED) is 0.409. The first-order valence-electron chi connectivity index (χ1n) is 8.57. The summed E-state index contributed by atoms with van der Waals surface area (Å²) in [5.41, 5.74) is 2.65. The molecule has 0 saturated carbocycles. The number of furan rings is 1. The van der Waals surface area contributed by atoms with Gasteiger partial charge in [0.25, 0.3) is 0 Å². The molecule has 0 fully saturated rings. The first-order valence-corrected chi connectivity index (χ1v) is 8.57. The molecular weight excluding hydrogens is 349 g/mol. The van der Waals surface area contributed by atoms with Crippen molar-refractivity contribution in [1.29, 1.82) is 0 Å². The van der Waals surface area contributed by atoms with E-state index < -0.39 is 5.63 Å². The Morgan fingerprint density at radius 2 is 1.89 bits per heavy atom. The average Bonchev–Trinajstić information content (AvgIpc) is 3.04. The van der Waals surface area contributed by atoms with E-state index in [-0.39, 0.29) is 5.82 Å². The Balaban J connectivity index is 2.04.